The summed E-state index contributed by atoms with van der Waals surface area (Å²) in [6, 6.07) is 3.89. The predicted molar refractivity (Wildman–Crippen MR) is 46.9 cm³/mol. The van der Waals surface area contributed by atoms with Crippen LogP contribution < -0.4 is 5.73 Å². The van der Waals surface area contributed by atoms with E-state index in [2.05, 4.69) is 10.1 Å². The Labute approximate surface area is 70.0 Å². The van der Waals surface area contributed by atoms with E-state index in [1.807, 2.05) is 26.0 Å². The van der Waals surface area contributed by atoms with E-state index in [1.165, 1.54) is 0 Å². The SMILES string of the molecule is Cc1nc(N)c2ccc(C)n2n1. The number of nitrogens with two attached hydrogens (primary N) is 1. The molecule has 0 unspecified atom stereocenters. The molecule has 0 aliphatic carbocycles. The topological polar surface area (TPSA) is 56.2 Å². The molecule has 0 bridgehead atoms. The summed E-state index contributed by atoms with van der Waals surface area (Å²) in [4.78, 5) is 4.06. The van der Waals surface area contributed by atoms with Gasteiger partial charge in [-0.05, 0) is 26.0 Å². The van der Waals surface area contributed by atoms with Gasteiger partial charge in [-0.1, -0.05) is 0 Å². The van der Waals surface area contributed by atoms with Crippen LogP contribution in [0, 0.1) is 13.8 Å². The fourth-order valence-corrected chi connectivity index (χ4v) is 1.26. The van der Waals surface area contributed by atoms with Crippen molar-refractivity contribution in [3.05, 3.63) is 23.7 Å². The quantitative estimate of drug-likeness (QED) is 0.627. The van der Waals surface area contributed by atoms with E-state index in [0.717, 1.165) is 11.2 Å². The second kappa shape index (κ2) is 2.20. The van der Waals surface area contributed by atoms with Crippen LogP contribution in [-0.2, 0) is 0 Å². The second-order valence-electron chi connectivity index (χ2n) is 2.82. The average Bonchev–Trinajstić information content (AvgIpc) is 2.33. The number of hydrogen-bond acceptors (Lipinski definition) is 3. The Morgan fingerprint density at radius 2 is 2.08 bits per heavy atom. The molecule has 0 spiro atoms. The number of anilines is 1. The van der Waals surface area contributed by atoms with Gasteiger partial charge < -0.3 is 5.73 Å². The fourth-order valence-electron chi connectivity index (χ4n) is 1.26. The smallest absolute Gasteiger partial charge is 0.151 e. The van der Waals surface area contributed by atoms with Gasteiger partial charge in [-0.15, -0.1) is 0 Å². The lowest BCUT2D eigenvalue weighted by molar-refractivity contribution is 0.837. The van der Waals surface area contributed by atoms with Gasteiger partial charge in [0.2, 0.25) is 0 Å². The molecule has 0 radical (unpaired) electrons. The first-order valence-corrected chi connectivity index (χ1v) is 3.77. The molecule has 0 atom stereocenters. The van der Waals surface area contributed by atoms with Crippen LogP contribution in [0.25, 0.3) is 5.52 Å². The second-order valence-corrected chi connectivity index (χ2v) is 2.82. The highest BCUT2D eigenvalue weighted by Gasteiger charge is 2.03. The fraction of sp³-hybridized carbons (Fsp3) is 0.250. The molecule has 4 heteroatoms. The maximum absolute atomic E-state index is 5.70. The zero-order valence-corrected chi connectivity index (χ0v) is 7.07. The van der Waals surface area contributed by atoms with Gasteiger partial charge in [0.05, 0.1) is 0 Å². The zero-order chi connectivity index (χ0) is 8.72. The number of nitrogen functional groups attached to an aromatic ring is 1. The summed E-state index contributed by atoms with van der Waals surface area (Å²) >= 11 is 0. The Bertz CT molecular complexity index is 430. The van der Waals surface area contributed by atoms with Crippen molar-refractivity contribution < 1.29 is 0 Å². The van der Waals surface area contributed by atoms with E-state index in [4.69, 9.17) is 5.73 Å². The van der Waals surface area contributed by atoms with Crippen LogP contribution in [0.3, 0.4) is 0 Å². The largest absolute Gasteiger partial charge is 0.382 e. The number of aromatic nitrogens is 3. The maximum Gasteiger partial charge on any atom is 0.151 e. The Hall–Kier alpha value is -1.58. The highest BCUT2D eigenvalue weighted by Crippen LogP contribution is 2.12. The van der Waals surface area contributed by atoms with Gasteiger partial charge in [0, 0.05) is 5.69 Å². The molecule has 2 heterocycles. The van der Waals surface area contributed by atoms with Crippen molar-refractivity contribution >= 4 is 11.3 Å². The minimum Gasteiger partial charge on any atom is -0.382 e. The van der Waals surface area contributed by atoms with Crippen molar-refractivity contribution in [1.29, 1.82) is 0 Å². The number of hydrogen-bond donors (Lipinski definition) is 1. The molecule has 62 valence electrons. The molecule has 0 saturated carbocycles. The molecule has 0 saturated heterocycles. The Balaban J connectivity index is 2.92. The van der Waals surface area contributed by atoms with Crippen molar-refractivity contribution in [1.82, 2.24) is 14.6 Å². The lowest BCUT2D eigenvalue weighted by atomic mass is 10.5. The van der Waals surface area contributed by atoms with Crippen molar-refractivity contribution in [3.8, 4) is 0 Å². The molecule has 2 aromatic heterocycles. The molecule has 0 fully saturated rings. The van der Waals surface area contributed by atoms with Gasteiger partial charge in [0.15, 0.2) is 5.82 Å². The lowest BCUT2D eigenvalue weighted by Gasteiger charge is -2.00. The Morgan fingerprint density at radius 3 is 2.83 bits per heavy atom. The van der Waals surface area contributed by atoms with Gasteiger partial charge in [-0.25, -0.2) is 9.50 Å². The molecule has 2 rings (SSSR count). The molecule has 2 N–H and O–H groups in total. The van der Waals surface area contributed by atoms with Crippen molar-refractivity contribution in [2.24, 2.45) is 0 Å². The highest BCUT2D eigenvalue weighted by molar-refractivity contribution is 5.65. The van der Waals surface area contributed by atoms with Crippen LogP contribution in [-0.4, -0.2) is 14.6 Å². The van der Waals surface area contributed by atoms with Crippen molar-refractivity contribution in [3.63, 3.8) is 0 Å². The average molecular weight is 162 g/mol. The Kier molecular flexibility index (Phi) is 1.30. The van der Waals surface area contributed by atoms with Gasteiger partial charge in [0.1, 0.15) is 11.3 Å². The van der Waals surface area contributed by atoms with Gasteiger partial charge in [-0.3, -0.25) is 0 Å². The third-order valence-corrected chi connectivity index (χ3v) is 1.83. The van der Waals surface area contributed by atoms with E-state index in [1.54, 1.807) is 4.52 Å². The summed E-state index contributed by atoms with van der Waals surface area (Å²) in [5.41, 5.74) is 7.64. The first kappa shape index (κ1) is 7.09. The molecule has 4 nitrogen and oxygen atoms in total. The molecule has 0 aromatic carbocycles. The minimum absolute atomic E-state index is 0.538. The van der Waals surface area contributed by atoms with Crippen LogP contribution in [0.2, 0.25) is 0 Å². The van der Waals surface area contributed by atoms with E-state index < -0.39 is 0 Å². The molecule has 12 heavy (non-hydrogen) atoms. The van der Waals surface area contributed by atoms with E-state index in [-0.39, 0.29) is 0 Å². The molecule has 0 aliphatic heterocycles. The van der Waals surface area contributed by atoms with Crippen molar-refractivity contribution in [2.45, 2.75) is 13.8 Å². The number of rotatable bonds is 0. The molecular weight excluding hydrogens is 152 g/mol. The monoisotopic (exact) mass is 162 g/mol. The van der Waals surface area contributed by atoms with Crippen LogP contribution in [0.15, 0.2) is 12.1 Å². The first-order chi connectivity index (χ1) is 5.68. The van der Waals surface area contributed by atoms with Crippen molar-refractivity contribution in [2.75, 3.05) is 5.73 Å². The third-order valence-electron chi connectivity index (χ3n) is 1.83. The van der Waals surface area contributed by atoms with Crippen LogP contribution >= 0.6 is 0 Å². The number of nitrogens with zero attached hydrogens (tertiary/aromatic N) is 3. The third kappa shape index (κ3) is 0.845. The molecule has 2 aromatic rings. The van der Waals surface area contributed by atoms with Gasteiger partial charge in [-0.2, -0.15) is 5.10 Å². The summed E-state index contributed by atoms with van der Waals surface area (Å²) < 4.78 is 1.80. The molecular formula is C8H10N4. The molecule has 0 aliphatic rings. The van der Waals surface area contributed by atoms with Gasteiger partial charge in [0.25, 0.3) is 0 Å². The number of fused-ring (bicyclic) bond motifs is 1. The maximum atomic E-state index is 5.70. The van der Waals surface area contributed by atoms with Gasteiger partial charge >= 0.3 is 0 Å². The summed E-state index contributed by atoms with van der Waals surface area (Å²) in [5, 5.41) is 4.22. The lowest BCUT2D eigenvalue weighted by Crippen LogP contribution is -2.03. The Morgan fingerprint density at radius 1 is 1.33 bits per heavy atom. The summed E-state index contributed by atoms with van der Waals surface area (Å²) in [7, 11) is 0. The predicted octanol–water partition coefficient (Wildman–Crippen LogP) is 0.928. The van der Waals surface area contributed by atoms with E-state index >= 15 is 0 Å². The highest BCUT2D eigenvalue weighted by atomic mass is 15.3. The summed E-state index contributed by atoms with van der Waals surface area (Å²) in [5.74, 6) is 1.23. The summed E-state index contributed by atoms with van der Waals surface area (Å²) in [6.45, 7) is 3.81. The summed E-state index contributed by atoms with van der Waals surface area (Å²) in [6.07, 6.45) is 0. The normalized spacial score (nSPS) is 10.8. The number of aryl methyl sites for hydroxylation is 2. The standard InChI is InChI=1S/C8H10N4/c1-5-3-4-7-8(9)10-6(2)11-12(5)7/h3-4H,1-2H3,(H2,9,10,11). The molecule has 0 amide bonds. The van der Waals surface area contributed by atoms with E-state index in [0.29, 0.717) is 11.6 Å². The van der Waals surface area contributed by atoms with E-state index in [9.17, 15) is 0 Å². The zero-order valence-electron chi connectivity index (χ0n) is 7.07. The minimum atomic E-state index is 0.538. The van der Waals surface area contributed by atoms with Crippen LogP contribution in [0.1, 0.15) is 11.5 Å². The first-order valence-electron chi connectivity index (χ1n) is 3.77. The van der Waals surface area contributed by atoms with Crippen LogP contribution in [0.4, 0.5) is 5.82 Å². The van der Waals surface area contributed by atoms with Crippen LogP contribution in [0.5, 0.6) is 0 Å².